The minimum Gasteiger partial charge on any atom is -0.382 e. The topological polar surface area (TPSA) is 12.0 Å². The van der Waals surface area contributed by atoms with Crippen LogP contribution >= 0.6 is 0 Å². The van der Waals surface area contributed by atoms with Crippen LogP contribution in [0.4, 0.5) is 27.6 Å². The number of nitrogens with one attached hydrogen (secondary N) is 1. The summed E-state index contributed by atoms with van der Waals surface area (Å²) >= 11 is 0. The summed E-state index contributed by atoms with van der Waals surface area (Å²) < 4.78 is 63.4. The highest BCUT2D eigenvalue weighted by atomic mass is 19.4. The SMILES string of the molecule is Fc1ccc(CCNc2ccc(C(F)(F)F)cc2F)cc1. The van der Waals surface area contributed by atoms with Gasteiger partial charge in [-0.2, -0.15) is 13.2 Å². The lowest BCUT2D eigenvalue weighted by Gasteiger charge is -2.11. The molecule has 0 saturated heterocycles. The number of hydrogen-bond acceptors (Lipinski definition) is 1. The van der Waals surface area contributed by atoms with Gasteiger partial charge in [-0.15, -0.1) is 0 Å². The lowest BCUT2D eigenvalue weighted by atomic mass is 10.1. The quantitative estimate of drug-likeness (QED) is 0.811. The maximum Gasteiger partial charge on any atom is 0.416 e. The molecule has 2 aromatic carbocycles. The highest BCUT2D eigenvalue weighted by molar-refractivity contribution is 5.47. The van der Waals surface area contributed by atoms with Gasteiger partial charge >= 0.3 is 6.18 Å². The van der Waals surface area contributed by atoms with Gasteiger partial charge in [0, 0.05) is 6.54 Å². The largest absolute Gasteiger partial charge is 0.416 e. The number of halogens is 5. The van der Waals surface area contributed by atoms with E-state index in [-0.39, 0.29) is 11.5 Å². The number of benzene rings is 2. The zero-order valence-corrected chi connectivity index (χ0v) is 10.8. The van der Waals surface area contributed by atoms with Crippen LogP contribution in [0.3, 0.4) is 0 Å². The Balaban J connectivity index is 1.96. The molecule has 0 aliphatic carbocycles. The van der Waals surface area contributed by atoms with Crippen molar-refractivity contribution in [3.8, 4) is 0 Å². The highest BCUT2D eigenvalue weighted by Gasteiger charge is 2.31. The Kier molecular flexibility index (Phi) is 4.45. The predicted molar refractivity (Wildman–Crippen MR) is 70.0 cm³/mol. The second-order valence-corrected chi connectivity index (χ2v) is 4.50. The van der Waals surface area contributed by atoms with Crippen molar-refractivity contribution in [1.29, 1.82) is 0 Å². The standard InChI is InChI=1S/C15H12F5N/c16-12-4-1-10(2-5-12)7-8-21-14-6-3-11(9-13(14)17)15(18,19)20/h1-6,9,21H,7-8H2. The molecule has 0 unspecified atom stereocenters. The number of rotatable bonds is 4. The minimum atomic E-state index is -4.56. The molecular weight excluding hydrogens is 289 g/mol. The van der Waals surface area contributed by atoms with Gasteiger partial charge in [0.2, 0.25) is 0 Å². The lowest BCUT2D eigenvalue weighted by Crippen LogP contribution is -2.09. The molecule has 0 aromatic heterocycles. The van der Waals surface area contributed by atoms with Gasteiger partial charge in [0.05, 0.1) is 11.3 Å². The monoisotopic (exact) mass is 301 g/mol. The smallest absolute Gasteiger partial charge is 0.382 e. The van der Waals surface area contributed by atoms with Crippen molar-refractivity contribution < 1.29 is 22.0 Å². The van der Waals surface area contributed by atoms with Gasteiger partial charge in [0.15, 0.2) is 0 Å². The molecule has 0 heterocycles. The summed E-state index contributed by atoms with van der Waals surface area (Å²) in [6.45, 7) is 0.327. The van der Waals surface area contributed by atoms with Crippen LogP contribution in [0.2, 0.25) is 0 Å². The van der Waals surface area contributed by atoms with Gasteiger partial charge in [-0.25, -0.2) is 8.78 Å². The molecule has 0 aliphatic rings. The van der Waals surface area contributed by atoms with Crippen molar-refractivity contribution in [3.63, 3.8) is 0 Å². The molecule has 0 spiro atoms. The molecule has 0 fully saturated rings. The molecule has 0 atom stereocenters. The normalized spacial score (nSPS) is 11.5. The van der Waals surface area contributed by atoms with E-state index in [0.29, 0.717) is 19.0 Å². The van der Waals surface area contributed by atoms with E-state index in [0.717, 1.165) is 17.7 Å². The van der Waals surface area contributed by atoms with Crippen LogP contribution in [0, 0.1) is 11.6 Å². The van der Waals surface area contributed by atoms with Crippen LogP contribution in [0.25, 0.3) is 0 Å². The maximum absolute atomic E-state index is 13.5. The molecule has 2 rings (SSSR count). The second-order valence-electron chi connectivity index (χ2n) is 4.50. The first-order valence-corrected chi connectivity index (χ1v) is 6.21. The average molecular weight is 301 g/mol. The van der Waals surface area contributed by atoms with E-state index < -0.39 is 17.6 Å². The minimum absolute atomic E-state index is 0.00473. The Labute approximate surface area is 118 Å². The third-order valence-electron chi connectivity index (χ3n) is 2.94. The molecule has 112 valence electrons. The summed E-state index contributed by atoms with van der Waals surface area (Å²) in [6, 6.07) is 8.16. The zero-order chi connectivity index (χ0) is 15.5. The third kappa shape index (κ3) is 4.18. The van der Waals surface area contributed by atoms with E-state index in [1.807, 2.05) is 0 Å². The number of anilines is 1. The highest BCUT2D eigenvalue weighted by Crippen LogP contribution is 2.31. The third-order valence-corrected chi connectivity index (χ3v) is 2.94. The summed E-state index contributed by atoms with van der Waals surface area (Å²) in [4.78, 5) is 0. The number of hydrogen-bond donors (Lipinski definition) is 1. The molecule has 6 heteroatoms. The summed E-state index contributed by atoms with van der Waals surface area (Å²) in [5.74, 6) is -1.30. The van der Waals surface area contributed by atoms with Gasteiger partial charge < -0.3 is 5.32 Å². The van der Waals surface area contributed by atoms with Crippen molar-refractivity contribution in [3.05, 3.63) is 65.2 Å². The van der Waals surface area contributed by atoms with Crippen LogP contribution in [0.1, 0.15) is 11.1 Å². The fraction of sp³-hybridized carbons (Fsp3) is 0.200. The summed E-state index contributed by atoms with van der Waals surface area (Å²) in [6.07, 6.45) is -4.06. The Morgan fingerprint density at radius 1 is 0.905 bits per heavy atom. The molecule has 2 aromatic rings. The van der Waals surface area contributed by atoms with Gasteiger partial charge in [0.1, 0.15) is 11.6 Å². The molecule has 1 N–H and O–H groups in total. The molecular formula is C15H12F5N. The molecule has 0 aliphatic heterocycles. The van der Waals surface area contributed by atoms with Crippen LogP contribution < -0.4 is 5.32 Å². The Hall–Kier alpha value is -2.11. The van der Waals surface area contributed by atoms with Gasteiger partial charge in [0.25, 0.3) is 0 Å². The van der Waals surface area contributed by atoms with E-state index in [9.17, 15) is 22.0 Å². The van der Waals surface area contributed by atoms with E-state index >= 15 is 0 Å². The van der Waals surface area contributed by atoms with Crippen molar-refractivity contribution in [2.24, 2.45) is 0 Å². The Morgan fingerprint density at radius 3 is 2.14 bits per heavy atom. The summed E-state index contributed by atoms with van der Waals surface area (Å²) in [5, 5.41) is 2.72. The predicted octanol–water partition coefficient (Wildman–Crippen LogP) is 4.64. The van der Waals surface area contributed by atoms with Crippen molar-refractivity contribution >= 4 is 5.69 Å². The van der Waals surface area contributed by atoms with Crippen LogP contribution in [-0.4, -0.2) is 6.54 Å². The zero-order valence-electron chi connectivity index (χ0n) is 10.8. The second kappa shape index (κ2) is 6.11. The van der Waals surface area contributed by atoms with E-state index in [2.05, 4.69) is 5.32 Å². The van der Waals surface area contributed by atoms with Gasteiger partial charge in [-0.3, -0.25) is 0 Å². The van der Waals surface area contributed by atoms with Gasteiger partial charge in [-0.1, -0.05) is 12.1 Å². The molecule has 0 saturated carbocycles. The average Bonchev–Trinajstić information content (AvgIpc) is 2.41. The first-order valence-electron chi connectivity index (χ1n) is 6.21. The molecule has 1 nitrogen and oxygen atoms in total. The Morgan fingerprint density at radius 2 is 1.57 bits per heavy atom. The first-order chi connectivity index (χ1) is 9.86. The van der Waals surface area contributed by atoms with Crippen LogP contribution in [0.5, 0.6) is 0 Å². The maximum atomic E-state index is 13.5. The van der Waals surface area contributed by atoms with Crippen LogP contribution in [-0.2, 0) is 12.6 Å². The van der Waals surface area contributed by atoms with E-state index in [1.54, 1.807) is 12.1 Å². The molecule has 0 bridgehead atoms. The first kappa shape index (κ1) is 15.3. The van der Waals surface area contributed by atoms with E-state index in [4.69, 9.17) is 0 Å². The van der Waals surface area contributed by atoms with Crippen molar-refractivity contribution in [2.75, 3.05) is 11.9 Å². The fourth-order valence-electron chi connectivity index (χ4n) is 1.83. The molecule has 0 radical (unpaired) electrons. The van der Waals surface area contributed by atoms with Crippen molar-refractivity contribution in [1.82, 2.24) is 0 Å². The molecule has 0 amide bonds. The number of alkyl halides is 3. The van der Waals surface area contributed by atoms with Crippen LogP contribution in [0.15, 0.2) is 42.5 Å². The summed E-state index contributed by atoms with van der Waals surface area (Å²) in [5.41, 5.74) is -0.176. The van der Waals surface area contributed by atoms with Crippen molar-refractivity contribution in [2.45, 2.75) is 12.6 Å². The van der Waals surface area contributed by atoms with Gasteiger partial charge in [-0.05, 0) is 42.3 Å². The molecule has 21 heavy (non-hydrogen) atoms. The summed E-state index contributed by atoms with van der Waals surface area (Å²) in [7, 11) is 0. The van der Waals surface area contributed by atoms with E-state index in [1.165, 1.54) is 12.1 Å². The Bertz CT molecular complexity index is 604. The lowest BCUT2D eigenvalue weighted by molar-refractivity contribution is -0.137. The fourth-order valence-corrected chi connectivity index (χ4v) is 1.83.